The van der Waals surface area contributed by atoms with Gasteiger partial charge in [-0.05, 0) is 30.5 Å². The zero-order valence-electron chi connectivity index (χ0n) is 9.22. The smallest absolute Gasteiger partial charge is 0.316 e. The third-order valence-corrected chi connectivity index (χ3v) is 2.51. The highest BCUT2D eigenvalue weighted by Gasteiger charge is 2.12. The first-order valence-corrected chi connectivity index (χ1v) is 5.77. The third kappa shape index (κ3) is 4.14. The van der Waals surface area contributed by atoms with E-state index in [0.717, 1.165) is 17.7 Å². The van der Waals surface area contributed by atoms with Crippen molar-refractivity contribution >= 4 is 18.6 Å². The van der Waals surface area contributed by atoms with E-state index in [4.69, 9.17) is 9.84 Å². The van der Waals surface area contributed by atoms with E-state index < -0.39 is 11.2 Å². The van der Waals surface area contributed by atoms with Gasteiger partial charge in [0.05, 0.1) is 6.61 Å². The Bertz CT molecular complexity index is 335. The van der Waals surface area contributed by atoms with Gasteiger partial charge in [0.1, 0.15) is 11.0 Å². The molecule has 88 valence electrons. The number of hydrogen-bond donors (Lipinski definition) is 2. The maximum absolute atomic E-state index is 10.6. The molecule has 3 nitrogen and oxygen atoms in total. The molecule has 0 spiro atoms. The average Bonchev–Trinajstić information content (AvgIpc) is 2.28. The molecule has 0 saturated heterocycles. The van der Waals surface area contributed by atoms with E-state index in [2.05, 4.69) is 12.6 Å². The van der Waals surface area contributed by atoms with Gasteiger partial charge in [-0.25, -0.2) is 0 Å². The first-order valence-electron chi connectivity index (χ1n) is 5.26. The first kappa shape index (κ1) is 12.9. The summed E-state index contributed by atoms with van der Waals surface area (Å²) in [5.41, 5.74) is 0.950. The minimum absolute atomic E-state index is 0.423. The van der Waals surface area contributed by atoms with Crippen LogP contribution in [0.1, 0.15) is 18.9 Å². The topological polar surface area (TPSA) is 46.5 Å². The standard InChI is InChI=1S/C12H16O3S/c1-2-7-15-10-5-3-9(4-6-10)8-11(16)12(13)14/h3-6,11,16H,2,7-8H2,1H3,(H,13,14). The summed E-state index contributed by atoms with van der Waals surface area (Å²) >= 11 is 3.99. The highest BCUT2D eigenvalue weighted by atomic mass is 32.1. The van der Waals surface area contributed by atoms with Crippen LogP contribution in [0.5, 0.6) is 5.75 Å². The molecular formula is C12H16O3S. The number of aliphatic carboxylic acids is 1. The summed E-state index contributed by atoms with van der Waals surface area (Å²) in [6, 6.07) is 7.45. The molecule has 0 aliphatic carbocycles. The van der Waals surface area contributed by atoms with Crippen molar-refractivity contribution in [2.24, 2.45) is 0 Å². The molecular weight excluding hydrogens is 224 g/mol. The second kappa shape index (κ2) is 6.43. The quantitative estimate of drug-likeness (QED) is 0.751. The van der Waals surface area contributed by atoms with Crippen molar-refractivity contribution in [3.8, 4) is 5.75 Å². The fourth-order valence-electron chi connectivity index (χ4n) is 1.25. The lowest BCUT2D eigenvalue weighted by Crippen LogP contribution is -2.15. The largest absolute Gasteiger partial charge is 0.494 e. The van der Waals surface area contributed by atoms with Crippen LogP contribution in [0, 0.1) is 0 Å². The third-order valence-electron chi connectivity index (χ3n) is 2.11. The molecule has 16 heavy (non-hydrogen) atoms. The maximum Gasteiger partial charge on any atom is 0.316 e. The number of thiol groups is 1. The van der Waals surface area contributed by atoms with Crippen LogP contribution in [0.3, 0.4) is 0 Å². The van der Waals surface area contributed by atoms with Crippen molar-refractivity contribution in [2.45, 2.75) is 25.0 Å². The van der Waals surface area contributed by atoms with Gasteiger partial charge in [0.25, 0.3) is 0 Å². The zero-order chi connectivity index (χ0) is 12.0. The predicted octanol–water partition coefficient (Wildman–Crippen LogP) is 2.40. The molecule has 1 N–H and O–H groups in total. The number of carboxylic acid groups (broad SMARTS) is 1. The zero-order valence-corrected chi connectivity index (χ0v) is 10.1. The van der Waals surface area contributed by atoms with Crippen molar-refractivity contribution in [1.82, 2.24) is 0 Å². The van der Waals surface area contributed by atoms with E-state index in [1.165, 1.54) is 0 Å². The van der Waals surface area contributed by atoms with E-state index in [-0.39, 0.29) is 0 Å². The monoisotopic (exact) mass is 240 g/mol. The molecule has 0 saturated carbocycles. The van der Waals surface area contributed by atoms with Gasteiger partial charge in [0.2, 0.25) is 0 Å². The minimum atomic E-state index is -0.894. The second-order valence-electron chi connectivity index (χ2n) is 3.55. The molecule has 0 aromatic heterocycles. The van der Waals surface area contributed by atoms with Crippen LogP contribution in [0.25, 0.3) is 0 Å². The van der Waals surface area contributed by atoms with E-state index in [9.17, 15) is 4.79 Å². The summed E-state index contributed by atoms with van der Waals surface area (Å²) in [6.45, 7) is 2.75. The molecule has 0 aliphatic rings. The molecule has 0 aliphatic heterocycles. The number of benzene rings is 1. The summed E-state index contributed by atoms with van der Waals surface area (Å²) in [7, 11) is 0. The lowest BCUT2D eigenvalue weighted by atomic mass is 10.1. The first-order chi connectivity index (χ1) is 7.63. The molecule has 1 aromatic carbocycles. The minimum Gasteiger partial charge on any atom is -0.494 e. The van der Waals surface area contributed by atoms with Gasteiger partial charge in [-0.2, -0.15) is 12.6 Å². The van der Waals surface area contributed by atoms with Gasteiger partial charge >= 0.3 is 5.97 Å². The molecule has 1 unspecified atom stereocenters. The molecule has 0 radical (unpaired) electrons. The van der Waals surface area contributed by atoms with Crippen molar-refractivity contribution in [3.05, 3.63) is 29.8 Å². The summed E-state index contributed by atoms with van der Waals surface area (Å²) in [5, 5.41) is 8.06. The molecule has 4 heteroatoms. The van der Waals surface area contributed by atoms with Gasteiger partial charge in [0, 0.05) is 0 Å². The van der Waals surface area contributed by atoms with E-state index in [1.54, 1.807) is 0 Å². The second-order valence-corrected chi connectivity index (χ2v) is 4.17. The summed E-state index contributed by atoms with van der Waals surface area (Å²) < 4.78 is 5.43. The van der Waals surface area contributed by atoms with Crippen molar-refractivity contribution in [1.29, 1.82) is 0 Å². The van der Waals surface area contributed by atoms with Crippen LogP contribution in [0.4, 0.5) is 0 Å². The highest BCUT2D eigenvalue weighted by Crippen LogP contribution is 2.15. The Morgan fingerprint density at radius 1 is 1.44 bits per heavy atom. The highest BCUT2D eigenvalue weighted by molar-refractivity contribution is 7.81. The number of carboxylic acids is 1. The summed E-state index contributed by atoms with van der Waals surface area (Å²) in [6.07, 6.45) is 1.39. The van der Waals surface area contributed by atoms with E-state index in [1.807, 2.05) is 31.2 Å². The van der Waals surface area contributed by atoms with Gasteiger partial charge in [-0.3, -0.25) is 4.79 Å². The molecule has 1 atom stereocenters. The molecule has 0 bridgehead atoms. The summed E-state index contributed by atoms with van der Waals surface area (Å²) in [5.74, 6) is -0.0775. The Hall–Kier alpha value is -1.16. The van der Waals surface area contributed by atoms with Crippen LogP contribution in [-0.4, -0.2) is 22.9 Å². The van der Waals surface area contributed by atoms with Crippen LogP contribution in [-0.2, 0) is 11.2 Å². The van der Waals surface area contributed by atoms with Gasteiger partial charge < -0.3 is 9.84 Å². The fraction of sp³-hybridized carbons (Fsp3) is 0.417. The van der Waals surface area contributed by atoms with Crippen LogP contribution in [0.15, 0.2) is 24.3 Å². The average molecular weight is 240 g/mol. The molecule has 1 rings (SSSR count). The Labute approximate surface area is 101 Å². The Balaban J connectivity index is 2.54. The van der Waals surface area contributed by atoms with Crippen molar-refractivity contribution in [3.63, 3.8) is 0 Å². The van der Waals surface area contributed by atoms with Crippen LogP contribution < -0.4 is 4.74 Å². The lowest BCUT2D eigenvalue weighted by molar-refractivity contribution is -0.136. The Kier molecular flexibility index (Phi) is 5.19. The van der Waals surface area contributed by atoms with Crippen molar-refractivity contribution < 1.29 is 14.6 Å². The fourth-order valence-corrected chi connectivity index (χ4v) is 1.46. The SMILES string of the molecule is CCCOc1ccc(CC(S)C(=O)O)cc1. The number of rotatable bonds is 6. The number of hydrogen-bond acceptors (Lipinski definition) is 3. The van der Waals surface area contributed by atoms with Gasteiger partial charge in [-0.15, -0.1) is 0 Å². The predicted molar refractivity (Wildman–Crippen MR) is 66.3 cm³/mol. The Morgan fingerprint density at radius 3 is 2.56 bits per heavy atom. The van der Waals surface area contributed by atoms with Crippen molar-refractivity contribution in [2.75, 3.05) is 6.61 Å². The lowest BCUT2D eigenvalue weighted by Gasteiger charge is -2.07. The molecule has 0 amide bonds. The summed E-state index contributed by atoms with van der Waals surface area (Å²) in [4.78, 5) is 10.6. The molecule has 0 fully saturated rings. The maximum atomic E-state index is 10.6. The molecule has 0 heterocycles. The van der Waals surface area contributed by atoms with Gasteiger partial charge in [0.15, 0.2) is 0 Å². The van der Waals surface area contributed by atoms with Crippen LogP contribution in [0.2, 0.25) is 0 Å². The molecule has 1 aromatic rings. The normalized spacial score (nSPS) is 12.1. The number of ether oxygens (including phenoxy) is 1. The van der Waals surface area contributed by atoms with Gasteiger partial charge in [-0.1, -0.05) is 19.1 Å². The van der Waals surface area contributed by atoms with E-state index >= 15 is 0 Å². The Morgan fingerprint density at radius 2 is 2.06 bits per heavy atom. The van der Waals surface area contributed by atoms with Crippen LogP contribution >= 0.6 is 12.6 Å². The number of carbonyl (C=O) groups is 1. The van der Waals surface area contributed by atoms with E-state index in [0.29, 0.717) is 13.0 Å².